The molecule has 0 aliphatic carbocycles. The van der Waals surface area contributed by atoms with Gasteiger partial charge in [-0.05, 0) is 13.3 Å². The number of alkyl halides is 2. The van der Waals surface area contributed by atoms with Crippen LogP contribution in [0.25, 0.3) is 0 Å². The van der Waals surface area contributed by atoms with E-state index in [1.807, 2.05) is 0 Å². The number of hydrogen-bond donors (Lipinski definition) is 1. The van der Waals surface area contributed by atoms with Crippen molar-refractivity contribution in [1.82, 2.24) is 5.32 Å². The Kier molecular flexibility index (Phi) is 8.10. The van der Waals surface area contributed by atoms with Crippen LogP contribution in [0.15, 0.2) is 0 Å². The second-order valence-corrected chi connectivity index (χ2v) is 5.77. The van der Waals surface area contributed by atoms with E-state index in [0.717, 1.165) is 10.5 Å². The van der Waals surface area contributed by atoms with Gasteiger partial charge in [0.1, 0.15) is 0 Å². The van der Waals surface area contributed by atoms with E-state index in [4.69, 9.17) is 0 Å². The Morgan fingerprint density at radius 1 is 1.40 bits per heavy atom. The molecule has 0 amide bonds. The Labute approximate surface area is 91.0 Å². The minimum absolute atomic E-state index is 0.689. The normalized spacial score (nSPS) is 16.8. The Bertz CT molecular complexity index is 76.0. The molecule has 0 radical (unpaired) electrons. The van der Waals surface area contributed by atoms with Crippen LogP contribution < -0.4 is 5.32 Å². The number of hydrogen-bond acceptors (Lipinski definition) is 1. The summed E-state index contributed by atoms with van der Waals surface area (Å²) >= 11 is 4.86. The molecule has 0 aromatic rings. The average Bonchev–Trinajstić information content (AvgIpc) is 1.85. The van der Waals surface area contributed by atoms with E-state index in [1.54, 1.807) is 0 Å². The predicted molar refractivity (Wildman–Crippen MR) is 64.5 cm³/mol. The molecule has 62 valence electrons. The molecular formula is C7H15I2N. The van der Waals surface area contributed by atoms with Gasteiger partial charge in [-0.2, -0.15) is 0 Å². The van der Waals surface area contributed by atoms with Gasteiger partial charge in [0.05, 0.1) is 0 Å². The van der Waals surface area contributed by atoms with Crippen LogP contribution in [0.1, 0.15) is 20.3 Å². The maximum absolute atomic E-state index is 3.47. The third kappa shape index (κ3) is 7.53. The highest BCUT2D eigenvalue weighted by Gasteiger charge is 2.00. The fourth-order valence-electron chi connectivity index (χ4n) is 0.629. The highest BCUT2D eigenvalue weighted by Crippen LogP contribution is 1.99. The van der Waals surface area contributed by atoms with Gasteiger partial charge in [0.15, 0.2) is 0 Å². The molecule has 0 aliphatic rings. The zero-order valence-corrected chi connectivity index (χ0v) is 10.8. The van der Waals surface area contributed by atoms with E-state index < -0.39 is 0 Å². The van der Waals surface area contributed by atoms with Crippen molar-refractivity contribution in [3.05, 3.63) is 0 Å². The molecule has 0 aromatic carbocycles. The van der Waals surface area contributed by atoms with Gasteiger partial charge in [0.25, 0.3) is 0 Å². The molecule has 2 unspecified atom stereocenters. The van der Waals surface area contributed by atoms with Crippen molar-refractivity contribution in [1.29, 1.82) is 0 Å². The number of rotatable bonds is 5. The summed E-state index contributed by atoms with van der Waals surface area (Å²) in [6.07, 6.45) is 1.28. The molecule has 0 aromatic heterocycles. The molecule has 0 spiro atoms. The lowest BCUT2D eigenvalue weighted by Crippen LogP contribution is -2.30. The van der Waals surface area contributed by atoms with Crippen LogP contribution >= 0.6 is 45.2 Å². The second-order valence-electron chi connectivity index (χ2n) is 2.57. The first-order valence-electron chi connectivity index (χ1n) is 3.60. The zero-order valence-electron chi connectivity index (χ0n) is 6.53. The minimum Gasteiger partial charge on any atom is -0.313 e. The summed E-state index contributed by atoms with van der Waals surface area (Å²) in [6, 6.07) is 0.689. The summed E-state index contributed by atoms with van der Waals surface area (Å²) in [5, 5.41) is 3.47. The Hall–Kier alpha value is 1.42. The van der Waals surface area contributed by atoms with E-state index >= 15 is 0 Å². The molecule has 10 heavy (non-hydrogen) atoms. The fraction of sp³-hybridized carbons (Fsp3) is 1.00. The molecule has 3 heteroatoms. The lowest BCUT2D eigenvalue weighted by molar-refractivity contribution is 0.546. The van der Waals surface area contributed by atoms with Gasteiger partial charge in [0, 0.05) is 20.9 Å². The quantitative estimate of drug-likeness (QED) is 0.582. The minimum atomic E-state index is 0.689. The van der Waals surface area contributed by atoms with Gasteiger partial charge in [-0.1, -0.05) is 52.1 Å². The number of nitrogens with one attached hydrogen (secondary N) is 1. The monoisotopic (exact) mass is 367 g/mol. The van der Waals surface area contributed by atoms with Gasteiger partial charge < -0.3 is 5.32 Å². The van der Waals surface area contributed by atoms with Gasteiger partial charge in [0.2, 0.25) is 0 Å². The molecular weight excluding hydrogens is 352 g/mol. The Morgan fingerprint density at radius 2 is 2.00 bits per heavy atom. The van der Waals surface area contributed by atoms with Crippen molar-refractivity contribution in [3.63, 3.8) is 0 Å². The molecule has 0 fully saturated rings. The molecule has 2 atom stereocenters. The van der Waals surface area contributed by atoms with Gasteiger partial charge in [-0.15, -0.1) is 0 Å². The van der Waals surface area contributed by atoms with E-state index in [9.17, 15) is 0 Å². The summed E-state index contributed by atoms with van der Waals surface area (Å²) < 4.78 is 2.00. The molecule has 0 saturated heterocycles. The van der Waals surface area contributed by atoms with Crippen molar-refractivity contribution in [2.45, 2.75) is 30.2 Å². The van der Waals surface area contributed by atoms with E-state index in [2.05, 4.69) is 64.3 Å². The lowest BCUT2D eigenvalue weighted by atomic mass is 10.2. The van der Waals surface area contributed by atoms with Crippen molar-refractivity contribution in [2.75, 3.05) is 11.0 Å². The van der Waals surface area contributed by atoms with Crippen molar-refractivity contribution in [3.8, 4) is 0 Å². The van der Waals surface area contributed by atoms with Crippen molar-refractivity contribution >= 4 is 45.2 Å². The SMILES string of the molecule is CC(I)CNC(C)CCI. The van der Waals surface area contributed by atoms with Gasteiger partial charge in [-0.3, -0.25) is 0 Å². The predicted octanol–water partition coefficient (Wildman–Crippen LogP) is 2.61. The van der Waals surface area contributed by atoms with Crippen LogP contribution in [-0.4, -0.2) is 20.9 Å². The molecule has 1 N–H and O–H groups in total. The highest BCUT2D eigenvalue weighted by atomic mass is 127. The van der Waals surface area contributed by atoms with E-state index in [1.165, 1.54) is 10.8 Å². The first kappa shape index (κ1) is 11.4. The van der Waals surface area contributed by atoms with Crippen LogP contribution in [0.3, 0.4) is 0 Å². The zero-order chi connectivity index (χ0) is 7.98. The molecule has 1 nitrogen and oxygen atoms in total. The Morgan fingerprint density at radius 3 is 2.40 bits per heavy atom. The van der Waals surface area contributed by atoms with Crippen molar-refractivity contribution < 1.29 is 0 Å². The summed E-state index contributed by atoms with van der Waals surface area (Å²) in [6.45, 7) is 5.61. The summed E-state index contributed by atoms with van der Waals surface area (Å²) in [5.41, 5.74) is 0. The summed E-state index contributed by atoms with van der Waals surface area (Å²) in [4.78, 5) is 0. The van der Waals surface area contributed by atoms with Crippen LogP contribution in [0.2, 0.25) is 0 Å². The molecule has 0 rings (SSSR count). The largest absolute Gasteiger partial charge is 0.313 e. The highest BCUT2D eigenvalue weighted by molar-refractivity contribution is 14.1. The maximum atomic E-state index is 3.47. The first-order chi connectivity index (χ1) is 4.66. The summed E-state index contributed by atoms with van der Waals surface area (Å²) in [7, 11) is 0. The van der Waals surface area contributed by atoms with Crippen LogP contribution in [-0.2, 0) is 0 Å². The van der Waals surface area contributed by atoms with Crippen LogP contribution in [0, 0.1) is 0 Å². The second kappa shape index (κ2) is 7.09. The van der Waals surface area contributed by atoms with Crippen LogP contribution in [0.5, 0.6) is 0 Å². The van der Waals surface area contributed by atoms with E-state index in [-0.39, 0.29) is 0 Å². The topological polar surface area (TPSA) is 12.0 Å². The average molecular weight is 367 g/mol. The van der Waals surface area contributed by atoms with Gasteiger partial charge in [-0.25, -0.2) is 0 Å². The third-order valence-electron chi connectivity index (χ3n) is 1.29. The number of halogens is 2. The lowest BCUT2D eigenvalue weighted by Gasteiger charge is -2.12. The smallest absolute Gasteiger partial charge is 0.0206 e. The Balaban J connectivity index is 3.12. The molecule has 0 aliphatic heterocycles. The first-order valence-corrected chi connectivity index (χ1v) is 6.37. The van der Waals surface area contributed by atoms with E-state index in [0.29, 0.717) is 6.04 Å². The third-order valence-corrected chi connectivity index (χ3v) is 2.35. The maximum Gasteiger partial charge on any atom is 0.0206 e. The molecule has 0 saturated carbocycles. The van der Waals surface area contributed by atoms with Gasteiger partial charge >= 0.3 is 0 Å². The standard InChI is InChI=1S/C7H15I2N/c1-6(9)5-10-7(2)3-4-8/h6-7,10H,3-5H2,1-2H3. The van der Waals surface area contributed by atoms with Crippen molar-refractivity contribution in [2.24, 2.45) is 0 Å². The molecule has 0 heterocycles. The fourth-order valence-corrected chi connectivity index (χ4v) is 1.82. The molecule has 0 bridgehead atoms. The van der Waals surface area contributed by atoms with Crippen LogP contribution in [0.4, 0.5) is 0 Å². The summed E-state index contributed by atoms with van der Waals surface area (Å²) in [5.74, 6) is 0.